The van der Waals surface area contributed by atoms with Gasteiger partial charge < -0.3 is 15.0 Å². The summed E-state index contributed by atoms with van der Waals surface area (Å²) in [5.41, 5.74) is 3.11. The molecule has 0 atom stereocenters. The molecule has 1 saturated heterocycles. The fraction of sp³-hybridized carbons (Fsp3) is 0.320. The summed E-state index contributed by atoms with van der Waals surface area (Å²) >= 11 is 0. The minimum Gasteiger partial charge on any atom is -0.494 e. The first-order valence-corrected chi connectivity index (χ1v) is 11.0. The maximum Gasteiger partial charge on any atom is 0.255 e. The summed E-state index contributed by atoms with van der Waals surface area (Å²) in [5.74, 6) is 1.55. The van der Waals surface area contributed by atoms with Crippen molar-refractivity contribution in [3.63, 3.8) is 0 Å². The second kappa shape index (κ2) is 10.1. The Hall–Kier alpha value is -3.41. The molecule has 0 unspecified atom stereocenters. The van der Waals surface area contributed by atoms with Crippen LogP contribution >= 0.6 is 0 Å². The van der Waals surface area contributed by atoms with Crippen LogP contribution in [0.2, 0.25) is 0 Å². The van der Waals surface area contributed by atoms with Crippen LogP contribution in [0.3, 0.4) is 0 Å². The third kappa shape index (κ3) is 5.40. The van der Waals surface area contributed by atoms with Crippen molar-refractivity contribution in [3.8, 4) is 17.0 Å². The van der Waals surface area contributed by atoms with E-state index in [1.54, 1.807) is 24.3 Å². The molecule has 1 aromatic heterocycles. The summed E-state index contributed by atoms with van der Waals surface area (Å²) < 4.78 is 5.42. The minimum atomic E-state index is -0.155. The lowest BCUT2D eigenvalue weighted by Gasteiger charge is -2.20. The van der Waals surface area contributed by atoms with E-state index < -0.39 is 0 Å². The number of rotatable bonds is 6. The molecule has 0 bridgehead atoms. The van der Waals surface area contributed by atoms with Crippen molar-refractivity contribution in [1.29, 1.82) is 0 Å². The van der Waals surface area contributed by atoms with Crippen LogP contribution in [-0.4, -0.2) is 35.8 Å². The van der Waals surface area contributed by atoms with E-state index in [0.29, 0.717) is 12.2 Å². The molecule has 2 aromatic carbocycles. The Labute approximate surface area is 183 Å². The molecule has 160 valence electrons. The molecule has 3 aromatic rings. The molecular weight excluding hydrogens is 388 g/mol. The van der Waals surface area contributed by atoms with Crippen LogP contribution in [0.15, 0.2) is 60.7 Å². The standard InChI is InChI=1S/C25H28N4O2/c1-2-31-22-13-9-20(10-14-22)25(30)26-21-11-7-19(8-12-21)23-15-16-24(28-27-23)29-17-5-3-4-6-18-29/h7-16H,2-6,17-18H2,1H3,(H,26,30). The van der Waals surface area contributed by atoms with Gasteiger partial charge in [-0.2, -0.15) is 0 Å². The Bertz CT molecular complexity index is 978. The van der Waals surface area contributed by atoms with E-state index in [4.69, 9.17) is 4.74 Å². The van der Waals surface area contributed by atoms with Crippen LogP contribution in [-0.2, 0) is 0 Å². The summed E-state index contributed by atoms with van der Waals surface area (Å²) in [6, 6.07) is 18.8. The van der Waals surface area contributed by atoms with Crippen molar-refractivity contribution in [2.45, 2.75) is 32.6 Å². The van der Waals surface area contributed by atoms with Gasteiger partial charge in [0.05, 0.1) is 12.3 Å². The van der Waals surface area contributed by atoms with Crippen LogP contribution in [0.5, 0.6) is 5.75 Å². The molecule has 0 aliphatic carbocycles. The number of anilines is 2. The number of aromatic nitrogens is 2. The fourth-order valence-corrected chi connectivity index (χ4v) is 3.74. The highest BCUT2D eigenvalue weighted by atomic mass is 16.5. The maximum atomic E-state index is 12.5. The molecule has 0 saturated carbocycles. The van der Waals surface area contributed by atoms with E-state index in [2.05, 4.69) is 26.5 Å². The van der Waals surface area contributed by atoms with Crippen LogP contribution in [0.25, 0.3) is 11.3 Å². The van der Waals surface area contributed by atoms with Crippen molar-refractivity contribution in [1.82, 2.24) is 10.2 Å². The van der Waals surface area contributed by atoms with Gasteiger partial charge in [0.25, 0.3) is 5.91 Å². The SMILES string of the molecule is CCOc1ccc(C(=O)Nc2ccc(-c3ccc(N4CCCCCC4)nn3)cc2)cc1. The van der Waals surface area contributed by atoms with Gasteiger partial charge in [-0.3, -0.25) is 4.79 Å². The van der Waals surface area contributed by atoms with E-state index in [9.17, 15) is 4.79 Å². The van der Waals surface area contributed by atoms with Crippen LogP contribution in [0, 0.1) is 0 Å². The van der Waals surface area contributed by atoms with Gasteiger partial charge in [-0.25, -0.2) is 0 Å². The number of carbonyl (C=O) groups excluding carboxylic acids is 1. The molecule has 1 fully saturated rings. The molecule has 1 amide bonds. The average Bonchev–Trinajstić information content (AvgIpc) is 3.10. The predicted molar refractivity (Wildman–Crippen MR) is 124 cm³/mol. The molecule has 6 nitrogen and oxygen atoms in total. The Balaban J connectivity index is 1.39. The second-order valence-corrected chi connectivity index (χ2v) is 7.67. The second-order valence-electron chi connectivity index (χ2n) is 7.67. The first-order chi connectivity index (χ1) is 15.2. The van der Waals surface area contributed by atoms with Gasteiger partial charge in [0, 0.05) is 29.9 Å². The first kappa shape index (κ1) is 20.8. The zero-order valence-corrected chi connectivity index (χ0v) is 17.9. The molecule has 4 rings (SSSR count). The van der Waals surface area contributed by atoms with Crippen molar-refractivity contribution >= 4 is 17.4 Å². The highest BCUT2D eigenvalue weighted by Crippen LogP contribution is 2.23. The Morgan fingerprint density at radius 1 is 0.903 bits per heavy atom. The van der Waals surface area contributed by atoms with Crippen molar-refractivity contribution in [2.24, 2.45) is 0 Å². The molecule has 1 N–H and O–H groups in total. The molecule has 1 aliphatic rings. The maximum absolute atomic E-state index is 12.5. The average molecular weight is 417 g/mol. The van der Waals surface area contributed by atoms with Gasteiger partial charge in [0.1, 0.15) is 5.75 Å². The van der Waals surface area contributed by atoms with Gasteiger partial charge in [0.15, 0.2) is 5.82 Å². The van der Waals surface area contributed by atoms with E-state index in [-0.39, 0.29) is 5.91 Å². The minimum absolute atomic E-state index is 0.155. The number of hydrogen-bond donors (Lipinski definition) is 1. The van der Waals surface area contributed by atoms with Gasteiger partial charge >= 0.3 is 0 Å². The topological polar surface area (TPSA) is 67.3 Å². The van der Waals surface area contributed by atoms with E-state index in [1.807, 2.05) is 37.3 Å². The lowest BCUT2D eigenvalue weighted by Crippen LogP contribution is -2.25. The number of nitrogens with one attached hydrogen (secondary N) is 1. The zero-order chi connectivity index (χ0) is 21.5. The lowest BCUT2D eigenvalue weighted by atomic mass is 10.1. The smallest absolute Gasteiger partial charge is 0.255 e. The van der Waals surface area contributed by atoms with Crippen molar-refractivity contribution in [2.75, 3.05) is 29.9 Å². The number of hydrogen-bond acceptors (Lipinski definition) is 5. The predicted octanol–water partition coefficient (Wildman–Crippen LogP) is 5.18. The number of nitrogens with zero attached hydrogens (tertiary/aromatic N) is 3. The van der Waals surface area contributed by atoms with Gasteiger partial charge in [-0.15, -0.1) is 10.2 Å². The highest BCUT2D eigenvalue weighted by Gasteiger charge is 2.12. The Morgan fingerprint density at radius 2 is 1.61 bits per heavy atom. The Kier molecular flexibility index (Phi) is 6.77. The summed E-state index contributed by atoms with van der Waals surface area (Å²) in [7, 11) is 0. The van der Waals surface area contributed by atoms with Crippen molar-refractivity contribution in [3.05, 3.63) is 66.2 Å². The van der Waals surface area contributed by atoms with Crippen LogP contribution < -0.4 is 15.0 Å². The van der Waals surface area contributed by atoms with Gasteiger partial charge in [-0.1, -0.05) is 25.0 Å². The van der Waals surface area contributed by atoms with Crippen LogP contribution in [0.1, 0.15) is 43.0 Å². The third-order valence-corrected chi connectivity index (χ3v) is 5.45. The van der Waals surface area contributed by atoms with Gasteiger partial charge in [0.2, 0.25) is 0 Å². The van der Waals surface area contributed by atoms with Gasteiger partial charge in [-0.05, 0) is 68.3 Å². The number of benzene rings is 2. The van der Waals surface area contributed by atoms with E-state index >= 15 is 0 Å². The monoisotopic (exact) mass is 416 g/mol. The third-order valence-electron chi connectivity index (χ3n) is 5.45. The van der Waals surface area contributed by atoms with E-state index in [0.717, 1.165) is 41.6 Å². The largest absolute Gasteiger partial charge is 0.494 e. The molecule has 0 radical (unpaired) electrons. The Morgan fingerprint density at radius 3 is 2.23 bits per heavy atom. The number of amides is 1. The molecule has 6 heteroatoms. The number of ether oxygens (including phenoxy) is 1. The number of carbonyl (C=O) groups is 1. The zero-order valence-electron chi connectivity index (χ0n) is 17.9. The molecule has 2 heterocycles. The highest BCUT2D eigenvalue weighted by molar-refractivity contribution is 6.04. The molecule has 31 heavy (non-hydrogen) atoms. The summed E-state index contributed by atoms with van der Waals surface area (Å²) in [5, 5.41) is 11.8. The van der Waals surface area contributed by atoms with Crippen LogP contribution in [0.4, 0.5) is 11.5 Å². The van der Waals surface area contributed by atoms with Crippen molar-refractivity contribution < 1.29 is 9.53 Å². The molecule has 0 spiro atoms. The van der Waals surface area contributed by atoms with E-state index in [1.165, 1.54) is 25.7 Å². The summed E-state index contributed by atoms with van der Waals surface area (Å²) in [6.45, 7) is 4.64. The first-order valence-electron chi connectivity index (χ1n) is 11.0. The lowest BCUT2D eigenvalue weighted by molar-refractivity contribution is 0.102. The quantitative estimate of drug-likeness (QED) is 0.600. The fourth-order valence-electron chi connectivity index (χ4n) is 3.74. The normalized spacial score (nSPS) is 14.0. The summed E-state index contributed by atoms with van der Waals surface area (Å²) in [6.07, 6.45) is 5.02. The summed E-state index contributed by atoms with van der Waals surface area (Å²) in [4.78, 5) is 14.8. The molecule has 1 aliphatic heterocycles. The molecular formula is C25H28N4O2.